The summed E-state index contributed by atoms with van der Waals surface area (Å²) in [6.07, 6.45) is 9.61. The molecule has 0 saturated carbocycles. The number of likely N-dealkylation sites (tertiary alicyclic amines) is 1. The predicted molar refractivity (Wildman–Crippen MR) is 128 cm³/mol. The first-order valence-corrected chi connectivity index (χ1v) is 13.1. The number of nitrogens with one attached hydrogen (secondary N) is 1. The molecule has 2 aliphatic rings. The second kappa shape index (κ2) is 10.2. The molecule has 8 heteroatoms. The van der Waals surface area contributed by atoms with Gasteiger partial charge < -0.3 is 4.57 Å². The smallest absolute Gasteiger partial charge is 0.209 e. The Morgan fingerprint density at radius 1 is 1.15 bits per heavy atom. The van der Waals surface area contributed by atoms with Crippen molar-refractivity contribution in [1.29, 1.82) is 0 Å². The molecule has 2 aromatic carbocycles. The molecule has 0 amide bonds. The summed E-state index contributed by atoms with van der Waals surface area (Å²) in [6.45, 7) is 2.55. The van der Waals surface area contributed by atoms with Crippen LogP contribution < -0.4 is 4.72 Å². The average Bonchev–Trinajstić information content (AvgIpc) is 3.32. The van der Waals surface area contributed by atoms with Gasteiger partial charge in [-0.25, -0.2) is 22.5 Å². The number of hydrogen-bond acceptors (Lipinski definition) is 4. The number of nitrogens with zero attached hydrogens (tertiary/aromatic N) is 3. The molecule has 1 N–H and O–H groups in total. The van der Waals surface area contributed by atoms with Gasteiger partial charge in [0, 0.05) is 37.9 Å². The summed E-state index contributed by atoms with van der Waals surface area (Å²) in [5.41, 5.74) is 4.59. The van der Waals surface area contributed by atoms with E-state index in [9.17, 15) is 12.8 Å². The van der Waals surface area contributed by atoms with E-state index in [1.54, 1.807) is 24.7 Å². The molecule has 1 fully saturated rings. The highest BCUT2D eigenvalue weighted by molar-refractivity contribution is 7.88. The number of sulfonamides is 1. The lowest BCUT2D eigenvalue weighted by Gasteiger charge is -2.39. The van der Waals surface area contributed by atoms with Gasteiger partial charge in [-0.15, -0.1) is 0 Å². The monoisotopic (exact) mass is 470 g/mol. The van der Waals surface area contributed by atoms with E-state index < -0.39 is 10.0 Å². The van der Waals surface area contributed by atoms with Crippen molar-refractivity contribution < 1.29 is 12.8 Å². The predicted octanol–water partition coefficient (Wildman–Crippen LogP) is 3.25. The molecule has 5 rings (SSSR count). The van der Waals surface area contributed by atoms with Crippen molar-refractivity contribution in [2.45, 2.75) is 37.8 Å². The van der Waals surface area contributed by atoms with Crippen LogP contribution in [0.4, 0.5) is 4.39 Å². The standard InChI is InChI=1S/C21H25FN2O2S.C4H6N2/c1-27(25,26)23-14-16-6-7-17-13-21(24-8-3-9-24)20(19(17)12-16)11-15-4-2-5-18(22)10-15;1-6-3-2-5-4-6/h2,4-7,10,12,20-21,23H,3,8-9,11,13-14H2,1H3;2-4H,1H3. The first-order valence-electron chi connectivity index (χ1n) is 11.3. The van der Waals surface area contributed by atoms with Crippen molar-refractivity contribution in [2.24, 2.45) is 7.05 Å². The molecule has 6 nitrogen and oxygen atoms in total. The van der Waals surface area contributed by atoms with E-state index in [2.05, 4.69) is 26.7 Å². The number of benzene rings is 2. The molecule has 33 heavy (non-hydrogen) atoms. The number of rotatable bonds is 6. The molecular weight excluding hydrogens is 439 g/mol. The number of aryl methyl sites for hydroxylation is 1. The van der Waals surface area contributed by atoms with Gasteiger partial charge in [0.15, 0.2) is 0 Å². The lowest BCUT2D eigenvalue weighted by Crippen LogP contribution is -2.47. The molecule has 1 aliphatic heterocycles. The summed E-state index contributed by atoms with van der Waals surface area (Å²) in [5.74, 6) is 0.109. The first kappa shape index (κ1) is 23.6. The molecule has 0 radical (unpaired) electrons. The lowest BCUT2D eigenvalue weighted by atomic mass is 9.88. The molecular formula is C25H31FN4O2S. The van der Waals surface area contributed by atoms with Gasteiger partial charge in [0.1, 0.15) is 5.82 Å². The average molecular weight is 471 g/mol. The van der Waals surface area contributed by atoms with Crippen LogP contribution in [-0.2, 0) is 36.5 Å². The molecule has 0 bridgehead atoms. The van der Waals surface area contributed by atoms with E-state index >= 15 is 0 Å². The fourth-order valence-corrected chi connectivity index (χ4v) is 5.05. The van der Waals surface area contributed by atoms with Crippen molar-refractivity contribution in [3.8, 4) is 0 Å². The number of halogens is 1. The number of hydrogen-bond donors (Lipinski definition) is 1. The molecule has 2 unspecified atom stereocenters. The third-order valence-electron chi connectivity index (χ3n) is 6.38. The van der Waals surface area contributed by atoms with E-state index in [0.717, 1.165) is 37.1 Å². The van der Waals surface area contributed by atoms with E-state index in [0.29, 0.717) is 18.5 Å². The van der Waals surface area contributed by atoms with Crippen LogP contribution in [0.5, 0.6) is 0 Å². The van der Waals surface area contributed by atoms with Gasteiger partial charge in [0.2, 0.25) is 10.0 Å². The van der Waals surface area contributed by atoms with Gasteiger partial charge in [0.05, 0.1) is 12.6 Å². The third kappa shape index (κ3) is 6.28. The summed E-state index contributed by atoms with van der Waals surface area (Å²) in [7, 11) is -1.28. The zero-order chi connectivity index (χ0) is 23.4. The van der Waals surface area contributed by atoms with E-state index in [1.807, 2.05) is 29.9 Å². The highest BCUT2D eigenvalue weighted by Crippen LogP contribution is 2.40. The largest absolute Gasteiger partial charge is 0.341 e. The zero-order valence-electron chi connectivity index (χ0n) is 19.1. The van der Waals surface area contributed by atoms with Crippen LogP contribution in [-0.4, -0.2) is 48.3 Å². The Labute approximate surface area is 195 Å². The molecule has 1 saturated heterocycles. The van der Waals surface area contributed by atoms with Crippen LogP contribution in [0.1, 0.15) is 34.6 Å². The summed E-state index contributed by atoms with van der Waals surface area (Å²) in [5, 5.41) is 0. The molecule has 2 atom stereocenters. The highest BCUT2D eigenvalue weighted by atomic mass is 32.2. The normalized spacial score (nSPS) is 20.0. The molecule has 2 heterocycles. The van der Waals surface area contributed by atoms with E-state index in [-0.39, 0.29) is 5.82 Å². The molecule has 1 aromatic heterocycles. The van der Waals surface area contributed by atoms with Gasteiger partial charge in [-0.2, -0.15) is 0 Å². The van der Waals surface area contributed by atoms with Gasteiger partial charge >= 0.3 is 0 Å². The minimum atomic E-state index is -3.22. The fourth-order valence-electron chi connectivity index (χ4n) is 4.62. The number of imidazole rings is 1. The topological polar surface area (TPSA) is 67.2 Å². The van der Waals surface area contributed by atoms with Crippen molar-refractivity contribution in [3.05, 3.63) is 89.3 Å². The van der Waals surface area contributed by atoms with E-state index in [4.69, 9.17) is 0 Å². The lowest BCUT2D eigenvalue weighted by molar-refractivity contribution is 0.106. The third-order valence-corrected chi connectivity index (χ3v) is 7.05. The van der Waals surface area contributed by atoms with Gasteiger partial charge in [-0.1, -0.05) is 30.3 Å². The maximum Gasteiger partial charge on any atom is 0.209 e. The summed E-state index contributed by atoms with van der Waals surface area (Å²) in [4.78, 5) is 6.31. The van der Waals surface area contributed by atoms with Crippen LogP contribution in [0.2, 0.25) is 0 Å². The van der Waals surface area contributed by atoms with Crippen molar-refractivity contribution in [2.75, 3.05) is 19.3 Å². The summed E-state index contributed by atoms with van der Waals surface area (Å²) >= 11 is 0. The second-order valence-corrected chi connectivity index (χ2v) is 10.8. The fraction of sp³-hybridized carbons (Fsp3) is 0.400. The Hall–Kier alpha value is -2.55. The quantitative estimate of drug-likeness (QED) is 0.601. The van der Waals surface area contributed by atoms with Crippen molar-refractivity contribution >= 4 is 10.0 Å². The van der Waals surface area contributed by atoms with Crippen LogP contribution in [0.15, 0.2) is 61.2 Å². The van der Waals surface area contributed by atoms with Gasteiger partial charge in [-0.05, 0) is 66.7 Å². The summed E-state index contributed by atoms with van der Waals surface area (Å²) in [6, 6.07) is 13.6. The Bertz CT molecular complexity index is 1180. The molecule has 176 valence electrons. The minimum absolute atomic E-state index is 0.197. The Balaban J connectivity index is 0.000000376. The molecule has 1 aliphatic carbocycles. The van der Waals surface area contributed by atoms with Crippen LogP contribution in [0, 0.1) is 5.82 Å². The maximum absolute atomic E-state index is 13.7. The summed E-state index contributed by atoms with van der Waals surface area (Å²) < 4.78 is 41.0. The van der Waals surface area contributed by atoms with E-state index in [1.165, 1.54) is 29.9 Å². The van der Waals surface area contributed by atoms with Gasteiger partial charge in [-0.3, -0.25) is 4.90 Å². The van der Waals surface area contributed by atoms with Crippen LogP contribution in [0.25, 0.3) is 0 Å². The van der Waals surface area contributed by atoms with Gasteiger partial charge in [0.25, 0.3) is 0 Å². The SMILES string of the molecule is CS(=O)(=O)NCc1ccc2c(c1)C(Cc1cccc(F)c1)C(N1CCC1)C2.Cn1ccnc1. The second-order valence-electron chi connectivity index (χ2n) is 8.96. The van der Waals surface area contributed by atoms with Crippen LogP contribution in [0.3, 0.4) is 0 Å². The first-order chi connectivity index (χ1) is 15.8. The Morgan fingerprint density at radius 3 is 2.55 bits per heavy atom. The van der Waals surface area contributed by atoms with Crippen molar-refractivity contribution in [1.82, 2.24) is 19.2 Å². The maximum atomic E-state index is 13.7. The molecule has 3 aromatic rings. The van der Waals surface area contributed by atoms with Crippen molar-refractivity contribution in [3.63, 3.8) is 0 Å². The zero-order valence-corrected chi connectivity index (χ0v) is 19.9. The molecule has 0 spiro atoms. The highest BCUT2D eigenvalue weighted by Gasteiger charge is 2.38. The van der Waals surface area contributed by atoms with Crippen LogP contribution >= 0.6 is 0 Å². The number of aromatic nitrogens is 2. The Morgan fingerprint density at radius 2 is 1.97 bits per heavy atom. The Kier molecular flexibility index (Phi) is 7.26. The minimum Gasteiger partial charge on any atom is -0.341 e. The number of fused-ring (bicyclic) bond motifs is 1.